The molecule has 0 saturated carbocycles. The van der Waals surface area contributed by atoms with Gasteiger partial charge in [0.15, 0.2) is 0 Å². The van der Waals surface area contributed by atoms with E-state index in [0.29, 0.717) is 13.0 Å². The lowest BCUT2D eigenvalue weighted by Gasteiger charge is -2.20. The molecule has 0 rings (SSSR count). The van der Waals surface area contributed by atoms with Gasteiger partial charge in [0.25, 0.3) is 10.1 Å². The van der Waals surface area contributed by atoms with Crippen molar-refractivity contribution in [2.45, 2.75) is 78.1 Å². The van der Waals surface area contributed by atoms with Crippen LogP contribution in [-0.2, 0) is 14.9 Å². The zero-order valence-corrected chi connectivity index (χ0v) is 15.0. The van der Waals surface area contributed by atoms with Crippen LogP contribution in [0.25, 0.3) is 0 Å². The van der Waals surface area contributed by atoms with E-state index in [4.69, 9.17) is 4.55 Å². The minimum absolute atomic E-state index is 0.0194. The van der Waals surface area contributed by atoms with E-state index in [1.807, 2.05) is 6.92 Å². The molecule has 0 fully saturated rings. The van der Waals surface area contributed by atoms with E-state index in [-0.39, 0.29) is 18.2 Å². The zero-order chi connectivity index (χ0) is 16.8. The maximum atomic E-state index is 11.9. The summed E-state index contributed by atoms with van der Waals surface area (Å²) in [7, 11) is -4.00. The Kier molecular flexibility index (Phi) is 12.5. The molecule has 0 aromatic carbocycles. The molecule has 0 aliphatic carbocycles. The number of nitrogens with zero attached hydrogens (tertiary/aromatic N) is 1. The van der Waals surface area contributed by atoms with Gasteiger partial charge in [-0.15, -0.1) is 0 Å². The Labute approximate surface area is 136 Å². The first kappa shape index (κ1) is 21.4. The second-order valence-electron chi connectivity index (χ2n) is 5.84. The Bertz CT molecular complexity index is 382. The first-order chi connectivity index (χ1) is 10.4. The normalized spacial score (nSPS) is 11.6. The van der Waals surface area contributed by atoms with Gasteiger partial charge in [0.1, 0.15) is 0 Å². The molecule has 0 bridgehead atoms. The van der Waals surface area contributed by atoms with Gasteiger partial charge >= 0.3 is 0 Å². The number of hydrogen-bond acceptors (Lipinski definition) is 3. The minimum atomic E-state index is -4.00. The molecule has 0 unspecified atom stereocenters. The van der Waals surface area contributed by atoms with Gasteiger partial charge in [0.2, 0.25) is 5.91 Å². The molecule has 6 heteroatoms. The SMILES string of the molecule is CCCCCCCCCCCC(=O)N(CC)CCS(=O)(=O)O. The van der Waals surface area contributed by atoms with Crippen molar-refractivity contribution in [3.8, 4) is 0 Å². The molecule has 0 heterocycles. The van der Waals surface area contributed by atoms with Gasteiger partial charge in [0, 0.05) is 19.5 Å². The fourth-order valence-corrected chi connectivity index (χ4v) is 2.88. The van der Waals surface area contributed by atoms with Crippen LogP contribution in [0, 0.1) is 0 Å². The van der Waals surface area contributed by atoms with Crippen LogP contribution in [0.1, 0.15) is 78.1 Å². The van der Waals surface area contributed by atoms with Crippen LogP contribution in [0.4, 0.5) is 0 Å². The highest BCUT2D eigenvalue weighted by Gasteiger charge is 2.14. The lowest BCUT2D eigenvalue weighted by Crippen LogP contribution is -2.34. The topological polar surface area (TPSA) is 74.7 Å². The molecule has 22 heavy (non-hydrogen) atoms. The van der Waals surface area contributed by atoms with E-state index in [1.165, 1.54) is 43.4 Å². The van der Waals surface area contributed by atoms with Gasteiger partial charge in [-0.1, -0.05) is 58.3 Å². The first-order valence-corrected chi connectivity index (χ1v) is 10.2. The van der Waals surface area contributed by atoms with E-state index in [2.05, 4.69) is 6.92 Å². The lowest BCUT2D eigenvalue weighted by molar-refractivity contribution is -0.130. The van der Waals surface area contributed by atoms with Gasteiger partial charge in [-0.05, 0) is 13.3 Å². The number of unbranched alkanes of at least 4 members (excludes halogenated alkanes) is 8. The van der Waals surface area contributed by atoms with Crippen molar-refractivity contribution in [1.82, 2.24) is 4.90 Å². The van der Waals surface area contributed by atoms with Crippen LogP contribution in [0.3, 0.4) is 0 Å². The van der Waals surface area contributed by atoms with Gasteiger partial charge in [-0.3, -0.25) is 9.35 Å². The Morgan fingerprint density at radius 1 is 0.909 bits per heavy atom. The summed E-state index contributed by atoms with van der Waals surface area (Å²) in [6.07, 6.45) is 11.3. The standard InChI is InChI=1S/C16H33NO4S/c1-3-5-6-7-8-9-10-11-12-13-16(18)17(4-2)14-15-22(19,20)21/h3-15H2,1-2H3,(H,19,20,21). The van der Waals surface area contributed by atoms with E-state index < -0.39 is 10.1 Å². The minimum Gasteiger partial charge on any atom is -0.342 e. The summed E-state index contributed by atoms with van der Waals surface area (Å²) in [4.78, 5) is 13.4. The lowest BCUT2D eigenvalue weighted by atomic mass is 10.1. The fraction of sp³-hybridized carbons (Fsp3) is 0.938. The van der Waals surface area contributed by atoms with Gasteiger partial charge in [-0.2, -0.15) is 8.42 Å². The largest absolute Gasteiger partial charge is 0.342 e. The van der Waals surface area contributed by atoms with Crippen LogP contribution in [-0.4, -0.2) is 42.6 Å². The van der Waals surface area contributed by atoms with Crippen molar-refractivity contribution in [2.24, 2.45) is 0 Å². The summed E-state index contributed by atoms with van der Waals surface area (Å²) < 4.78 is 30.2. The van der Waals surface area contributed by atoms with Crippen LogP contribution in [0.5, 0.6) is 0 Å². The third kappa shape index (κ3) is 13.1. The monoisotopic (exact) mass is 335 g/mol. The van der Waals surface area contributed by atoms with Crippen molar-refractivity contribution < 1.29 is 17.8 Å². The average molecular weight is 336 g/mol. The summed E-state index contributed by atoms with van der Waals surface area (Å²) in [5, 5.41) is 0. The number of amides is 1. The van der Waals surface area contributed by atoms with Crippen LogP contribution < -0.4 is 0 Å². The van der Waals surface area contributed by atoms with Crippen molar-refractivity contribution >= 4 is 16.0 Å². The maximum Gasteiger partial charge on any atom is 0.266 e. The molecule has 0 aromatic heterocycles. The Hall–Kier alpha value is -0.620. The maximum absolute atomic E-state index is 11.9. The predicted octanol–water partition coefficient (Wildman–Crippen LogP) is 3.64. The number of rotatable bonds is 14. The highest BCUT2D eigenvalue weighted by Crippen LogP contribution is 2.11. The van der Waals surface area contributed by atoms with E-state index in [0.717, 1.165) is 19.3 Å². The Morgan fingerprint density at radius 3 is 1.86 bits per heavy atom. The van der Waals surface area contributed by atoms with E-state index >= 15 is 0 Å². The number of carbonyl (C=O) groups excluding carboxylic acids is 1. The smallest absolute Gasteiger partial charge is 0.266 e. The molecule has 1 amide bonds. The third-order valence-corrected chi connectivity index (χ3v) is 4.55. The zero-order valence-electron chi connectivity index (χ0n) is 14.2. The van der Waals surface area contributed by atoms with E-state index in [1.54, 1.807) is 0 Å². The van der Waals surface area contributed by atoms with Crippen LogP contribution in [0.2, 0.25) is 0 Å². The molecular weight excluding hydrogens is 302 g/mol. The fourth-order valence-electron chi connectivity index (χ4n) is 2.43. The third-order valence-electron chi connectivity index (χ3n) is 3.85. The number of carbonyl (C=O) groups is 1. The summed E-state index contributed by atoms with van der Waals surface area (Å²) in [5.41, 5.74) is 0. The van der Waals surface area contributed by atoms with Crippen molar-refractivity contribution in [2.75, 3.05) is 18.8 Å². The summed E-state index contributed by atoms with van der Waals surface area (Å²) >= 11 is 0. The molecule has 1 N–H and O–H groups in total. The number of hydrogen-bond donors (Lipinski definition) is 1. The van der Waals surface area contributed by atoms with Gasteiger partial charge in [0.05, 0.1) is 5.75 Å². The second kappa shape index (κ2) is 12.9. The predicted molar refractivity (Wildman–Crippen MR) is 90.5 cm³/mol. The highest BCUT2D eigenvalue weighted by atomic mass is 32.2. The summed E-state index contributed by atoms with van der Waals surface area (Å²) in [5.74, 6) is -0.404. The van der Waals surface area contributed by atoms with Crippen molar-refractivity contribution in [1.29, 1.82) is 0 Å². The molecule has 5 nitrogen and oxygen atoms in total. The van der Waals surface area contributed by atoms with Crippen molar-refractivity contribution in [3.63, 3.8) is 0 Å². The molecule has 0 aliphatic heterocycles. The van der Waals surface area contributed by atoms with E-state index in [9.17, 15) is 13.2 Å². The summed E-state index contributed by atoms with van der Waals surface area (Å²) in [6.45, 7) is 4.59. The molecule has 0 aromatic rings. The Morgan fingerprint density at radius 2 is 1.41 bits per heavy atom. The molecular formula is C16H33NO4S. The highest BCUT2D eigenvalue weighted by molar-refractivity contribution is 7.85. The van der Waals surface area contributed by atoms with Gasteiger partial charge in [-0.25, -0.2) is 0 Å². The average Bonchev–Trinajstić information content (AvgIpc) is 2.45. The summed E-state index contributed by atoms with van der Waals surface area (Å²) in [6, 6.07) is 0. The molecule has 0 spiro atoms. The molecule has 0 atom stereocenters. The van der Waals surface area contributed by atoms with Crippen LogP contribution >= 0.6 is 0 Å². The first-order valence-electron chi connectivity index (χ1n) is 8.63. The molecule has 0 saturated heterocycles. The van der Waals surface area contributed by atoms with Crippen molar-refractivity contribution in [3.05, 3.63) is 0 Å². The second-order valence-corrected chi connectivity index (χ2v) is 7.41. The molecule has 0 aliphatic rings. The Balaban J connectivity index is 3.65. The van der Waals surface area contributed by atoms with Crippen LogP contribution in [0.15, 0.2) is 0 Å². The quantitative estimate of drug-likeness (QED) is 0.388. The van der Waals surface area contributed by atoms with Gasteiger partial charge < -0.3 is 4.90 Å². The molecule has 0 radical (unpaired) electrons. The molecule has 132 valence electrons.